The maximum absolute atomic E-state index is 12.5. The third-order valence-corrected chi connectivity index (χ3v) is 3.25. The minimum absolute atomic E-state index is 0.142. The molecule has 2 rings (SSSR count). The summed E-state index contributed by atoms with van der Waals surface area (Å²) in [6, 6.07) is 13.0. The maximum atomic E-state index is 12.5. The lowest BCUT2D eigenvalue weighted by Gasteiger charge is -2.18. The van der Waals surface area contributed by atoms with Gasteiger partial charge in [-0.1, -0.05) is 38.1 Å². The van der Waals surface area contributed by atoms with Gasteiger partial charge < -0.3 is 14.9 Å². The molecule has 4 heteroatoms. The number of hydrogen-bond donors (Lipinski definition) is 2. The summed E-state index contributed by atoms with van der Waals surface area (Å²) in [4.78, 5) is 12.5. The van der Waals surface area contributed by atoms with Crippen LogP contribution in [0.15, 0.2) is 48.5 Å². The lowest BCUT2D eigenvalue weighted by atomic mass is 9.91. The van der Waals surface area contributed by atoms with E-state index in [0.29, 0.717) is 6.61 Å². The Morgan fingerprint density at radius 3 is 1.68 bits per heavy atom. The highest BCUT2D eigenvalue weighted by atomic mass is 16.5. The lowest BCUT2D eigenvalue weighted by Crippen LogP contribution is -2.19. The summed E-state index contributed by atoms with van der Waals surface area (Å²) in [5.41, 5.74) is 1.47. The number of hydrogen-bond acceptors (Lipinski definition) is 4. The number of carbonyl (C=O) groups is 1. The van der Waals surface area contributed by atoms with Crippen LogP contribution in [0.1, 0.15) is 30.9 Å². The molecular weight excluding hydrogens is 280 g/mol. The van der Waals surface area contributed by atoms with Crippen LogP contribution in [0.25, 0.3) is 0 Å². The number of esters is 1. The summed E-state index contributed by atoms with van der Waals surface area (Å²) in [7, 11) is 0. The molecule has 0 fully saturated rings. The van der Waals surface area contributed by atoms with E-state index in [1.54, 1.807) is 48.5 Å². The smallest absolute Gasteiger partial charge is 0.317 e. The first-order valence-electron chi connectivity index (χ1n) is 7.22. The molecule has 0 bridgehead atoms. The van der Waals surface area contributed by atoms with Crippen LogP contribution in [0.5, 0.6) is 11.5 Å². The number of rotatable bonds is 5. The molecule has 116 valence electrons. The first kappa shape index (κ1) is 15.9. The van der Waals surface area contributed by atoms with E-state index in [1.165, 1.54) is 0 Å². The summed E-state index contributed by atoms with van der Waals surface area (Å²) < 4.78 is 5.37. The molecule has 0 saturated heterocycles. The Bertz CT molecular complexity index is 569. The molecule has 0 aliphatic heterocycles. The molecule has 0 unspecified atom stereocenters. The summed E-state index contributed by atoms with van der Waals surface area (Å²) in [5, 5.41) is 18.8. The lowest BCUT2D eigenvalue weighted by molar-refractivity contribution is -0.145. The van der Waals surface area contributed by atoms with E-state index in [2.05, 4.69) is 0 Å². The number of carbonyl (C=O) groups excluding carboxylic acids is 1. The second-order valence-electron chi connectivity index (χ2n) is 5.64. The second kappa shape index (κ2) is 6.98. The Labute approximate surface area is 130 Å². The minimum atomic E-state index is -0.583. The van der Waals surface area contributed by atoms with Crippen LogP contribution in [0.3, 0.4) is 0 Å². The van der Waals surface area contributed by atoms with Crippen molar-refractivity contribution in [2.24, 2.45) is 5.92 Å². The third-order valence-electron chi connectivity index (χ3n) is 3.25. The van der Waals surface area contributed by atoms with Gasteiger partial charge in [0.1, 0.15) is 17.4 Å². The highest BCUT2D eigenvalue weighted by Crippen LogP contribution is 2.28. The van der Waals surface area contributed by atoms with Crippen molar-refractivity contribution >= 4 is 5.97 Å². The fourth-order valence-corrected chi connectivity index (χ4v) is 2.13. The van der Waals surface area contributed by atoms with Gasteiger partial charge >= 0.3 is 5.97 Å². The average molecular weight is 300 g/mol. The molecule has 22 heavy (non-hydrogen) atoms. The molecule has 0 saturated carbocycles. The molecular formula is C18H20O4. The van der Waals surface area contributed by atoms with Crippen molar-refractivity contribution in [3.8, 4) is 11.5 Å². The quantitative estimate of drug-likeness (QED) is 0.830. The van der Waals surface area contributed by atoms with E-state index >= 15 is 0 Å². The molecule has 2 aromatic carbocycles. The topological polar surface area (TPSA) is 66.8 Å². The normalized spacial score (nSPS) is 10.9. The SMILES string of the molecule is CC(C)COC(=O)C(c1ccc(O)cc1)c1ccc(O)cc1. The first-order valence-corrected chi connectivity index (χ1v) is 7.22. The van der Waals surface area contributed by atoms with Gasteiger partial charge in [-0.25, -0.2) is 0 Å². The fourth-order valence-electron chi connectivity index (χ4n) is 2.13. The van der Waals surface area contributed by atoms with Gasteiger partial charge in [-0.15, -0.1) is 0 Å². The van der Waals surface area contributed by atoms with E-state index in [-0.39, 0.29) is 23.4 Å². The van der Waals surface area contributed by atoms with Crippen LogP contribution < -0.4 is 0 Å². The van der Waals surface area contributed by atoms with Crippen LogP contribution in [-0.2, 0) is 9.53 Å². The van der Waals surface area contributed by atoms with Gasteiger partial charge in [0.15, 0.2) is 0 Å². The highest BCUT2D eigenvalue weighted by Gasteiger charge is 2.24. The van der Waals surface area contributed by atoms with Crippen LogP contribution in [-0.4, -0.2) is 22.8 Å². The summed E-state index contributed by atoms with van der Waals surface area (Å²) in [6.07, 6.45) is 0. The zero-order valence-corrected chi connectivity index (χ0v) is 12.7. The van der Waals surface area contributed by atoms with Crippen molar-refractivity contribution in [3.05, 3.63) is 59.7 Å². The molecule has 0 amide bonds. The molecule has 0 aromatic heterocycles. The van der Waals surface area contributed by atoms with Crippen molar-refractivity contribution in [2.75, 3.05) is 6.61 Å². The number of ether oxygens (including phenoxy) is 1. The van der Waals surface area contributed by atoms with Gasteiger partial charge in [0.25, 0.3) is 0 Å². The predicted molar refractivity (Wildman–Crippen MR) is 83.9 cm³/mol. The van der Waals surface area contributed by atoms with Gasteiger partial charge in [0.05, 0.1) is 6.61 Å². The van der Waals surface area contributed by atoms with Crippen molar-refractivity contribution in [2.45, 2.75) is 19.8 Å². The molecule has 2 aromatic rings. The van der Waals surface area contributed by atoms with E-state index in [9.17, 15) is 15.0 Å². The number of phenolic OH excluding ortho intramolecular Hbond substituents is 2. The summed E-state index contributed by atoms with van der Waals surface area (Å²) >= 11 is 0. The van der Waals surface area contributed by atoms with Gasteiger partial charge in [-0.05, 0) is 41.3 Å². The number of aromatic hydroxyl groups is 2. The molecule has 0 spiro atoms. The Morgan fingerprint density at radius 2 is 1.32 bits per heavy atom. The third kappa shape index (κ3) is 4.01. The van der Waals surface area contributed by atoms with Gasteiger partial charge in [-0.2, -0.15) is 0 Å². The van der Waals surface area contributed by atoms with E-state index in [1.807, 2.05) is 13.8 Å². The predicted octanol–water partition coefficient (Wildman–Crippen LogP) is 3.43. The molecule has 0 radical (unpaired) electrons. The monoisotopic (exact) mass is 300 g/mol. The van der Waals surface area contributed by atoms with Gasteiger partial charge in [-0.3, -0.25) is 4.79 Å². The molecule has 0 aliphatic rings. The Morgan fingerprint density at radius 1 is 0.909 bits per heavy atom. The van der Waals surface area contributed by atoms with Crippen molar-refractivity contribution < 1.29 is 19.7 Å². The Hall–Kier alpha value is -2.49. The fraction of sp³-hybridized carbons (Fsp3) is 0.278. The van der Waals surface area contributed by atoms with Gasteiger partial charge in [0, 0.05) is 0 Å². The summed E-state index contributed by atoms with van der Waals surface area (Å²) in [6.45, 7) is 4.30. The zero-order valence-electron chi connectivity index (χ0n) is 12.7. The number of benzene rings is 2. The number of phenols is 2. The van der Waals surface area contributed by atoms with Crippen LogP contribution >= 0.6 is 0 Å². The van der Waals surface area contributed by atoms with Crippen LogP contribution in [0.4, 0.5) is 0 Å². The maximum Gasteiger partial charge on any atom is 0.317 e. The van der Waals surface area contributed by atoms with E-state index < -0.39 is 5.92 Å². The second-order valence-corrected chi connectivity index (χ2v) is 5.64. The summed E-state index contributed by atoms with van der Waals surface area (Å²) in [5.74, 6) is -0.387. The van der Waals surface area contributed by atoms with Crippen molar-refractivity contribution in [3.63, 3.8) is 0 Å². The van der Waals surface area contributed by atoms with Crippen LogP contribution in [0, 0.1) is 5.92 Å². The minimum Gasteiger partial charge on any atom is -0.508 e. The largest absolute Gasteiger partial charge is 0.508 e. The van der Waals surface area contributed by atoms with E-state index in [4.69, 9.17) is 4.74 Å². The Balaban J connectivity index is 2.33. The molecule has 0 heterocycles. The van der Waals surface area contributed by atoms with Crippen molar-refractivity contribution in [1.82, 2.24) is 0 Å². The van der Waals surface area contributed by atoms with Crippen LogP contribution in [0.2, 0.25) is 0 Å². The van der Waals surface area contributed by atoms with Gasteiger partial charge in [0.2, 0.25) is 0 Å². The standard InChI is InChI=1S/C18H20O4/c1-12(2)11-22-18(21)17(13-3-7-15(19)8-4-13)14-5-9-16(20)10-6-14/h3-10,12,17,19-20H,11H2,1-2H3. The molecule has 0 atom stereocenters. The zero-order chi connectivity index (χ0) is 16.1. The van der Waals surface area contributed by atoms with Crippen molar-refractivity contribution in [1.29, 1.82) is 0 Å². The highest BCUT2D eigenvalue weighted by molar-refractivity contribution is 5.82. The molecule has 0 aliphatic carbocycles. The average Bonchev–Trinajstić information content (AvgIpc) is 2.49. The molecule has 2 N–H and O–H groups in total. The Kier molecular flexibility index (Phi) is 5.04. The van der Waals surface area contributed by atoms with E-state index in [0.717, 1.165) is 11.1 Å². The molecule has 4 nitrogen and oxygen atoms in total. The first-order chi connectivity index (χ1) is 10.5.